The van der Waals surface area contributed by atoms with E-state index in [-0.39, 0.29) is 6.61 Å². The van der Waals surface area contributed by atoms with Gasteiger partial charge in [-0.2, -0.15) is 0 Å². The largest absolute Gasteiger partial charge is 0.474 e. The van der Waals surface area contributed by atoms with E-state index in [2.05, 4.69) is 15.2 Å². The van der Waals surface area contributed by atoms with Gasteiger partial charge in [0.2, 0.25) is 0 Å². The van der Waals surface area contributed by atoms with Crippen molar-refractivity contribution in [1.82, 2.24) is 10.5 Å². The van der Waals surface area contributed by atoms with Gasteiger partial charge in [-0.3, -0.25) is 0 Å². The summed E-state index contributed by atoms with van der Waals surface area (Å²) in [6.45, 7) is 0.621. The maximum Gasteiger partial charge on any atom is 0.406 e. The molecule has 1 heterocycles. The Bertz CT molecular complexity index is 524. The molecule has 0 aliphatic heterocycles. The number of hydrogen-bond donors (Lipinski definition) is 1. The molecule has 0 bridgehead atoms. The summed E-state index contributed by atoms with van der Waals surface area (Å²) < 4.78 is 14.9. The van der Waals surface area contributed by atoms with Crippen molar-refractivity contribution in [3.63, 3.8) is 0 Å². The van der Waals surface area contributed by atoms with Crippen molar-refractivity contribution in [3.8, 4) is 17.2 Å². The number of carbonyl (C=O) groups is 1. The number of benzene rings is 1. The summed E-state index contributed by atoms with van der Waals surface area (Å²) in [4.78, 5) is 10.8. The molecule has 0 saturated carbocycles. The lowest BCUT2D eigenvalue weighted by Gasteiger charge is -2.03. The molecular weight excluding hydrogens is 248 g/mol. The minimum absolute atomic E-state index is 0.288. The smallest absolute Gasteiger partial charge is 0.406 e. The van der Waals surface area contributed by atoms with Gasteiger partial charge in [-0.15, -0.1) is 0 Å². The third-order valence-electron chi connectivity index (χ3n) is 2.35. The molecule has 0 radical (unpaired) electrons. The first-order valence-corrected chi connectivity index (χ1v) is 5.76. The average molecular weight is 262 g/mol. The summed E-state index contributed by atoms with van der Waals surface area (Å²) in [7, 11) is 1.31. The Hall–Kier alpha value is -2.50. The highest BCUT2D eigenvalue weighted by Crippen LogP contribution is 2.22. The van der Waals surface area contributed by atoms with E-state index in [1.54, 1.807) is 6.07 Å². The highest BCUT2D eigenvalue weighted by molar-refractivity contribution is 5.66. The standard InChI is InChI=1S/C13H14N2O4/c1-17-13(16)14-7-8-18-12-9-11(19-15-12)10-5-3-2-4-6-10/h2-6,9H,7-8H2,1H3,(H,14,16). The Labute approximate surface area is 110 Å². The molecule has 2 rings (SSSR count). The van der Waals surface area contributed by atoms with E-state index < -0.39 is 6.09 Å². The van der Waals surface area contributed by atoms with Crippen LogP contribution in [-0.4, -0.2) is 31.5 Å². The maximum absolute atomic E-state index is 10.8. The predicted octanol–water partition coefficient (Wildman–Crippen LogP) is 2.08. The second kappa shape index (κ2) is 6.44. The minimum Gasteiger partial charge on any atom is -0.474 e. The molecule has 0 atom stereocenters. The molecular formula is C13H14N2O4. The van der Waals surface area contributed by atoms with Crippen LogP contribution < -0.4 is 10.1 Å². The van der Waals surface area contributed by atoms with E-state index in [4.69, 9.17) is 9.26 Å². The summed E-state index contributed by atoms with van der Waals surface area (Å²) in [5, 5.41) is 6.28. The van der Waals surface area contributed by atoms with Crippen LogP contribution in [0.15, 0.2) is 40.9 Å². The van der Waals surface area contributed by atoms with Crippen molar-refractivity contribution < 1.29 is 18.8 Å². The Balaban J connectivity index is 1.83. The SMILES string of the molecule is COC(=O)NCCOc1cc(-c2ccccc2)on1. The third-order valence-corrected chi connectivity index (χ3v) is 2.35. The van der Waals surface area contributed by atoms with Gasteiger partial charge in [0, 0.05) is 11.6 Å². The Kier molecular flexibility index (Phi) is 4.39. The molecule has 19 heavy (non-hydrogen) atoms. The molecule has 1 aromatic carbocycles. The second-order valence-electron chi connectivity index (χ2n) is 3.66. The van der Waals surface area contributed by atoms with E-state index in [0.717, 1.165) is 5.56 Å². The van der Waals surface area contributed by atoms with E-state index in [9.17, 15) is 4.79 Å². The van der Waals surface area contributed by atoms with Gasteiger partial charge in [0.25, 0.3) is 5.88 Å². The van der Waals surface area contributed by atoms with Crippen molar-refractivity contribution in [2.24, 2.45) is 0 Å². The van der Waals surface area contributed by atoms with E-state index in [1.165, 1.54) is 7.11 Å². The number of ether oxygens (including phenoxy) is 2. The number of alkyl carbamates (subject to hydrolysis) is 1. The predicted molar refractivity (Wildman–Crippen MR) is 67.8 cm³/mol. The molecule has 100 valence electrons. The molecule has 6 heteroatoms. The quantitative estimate of drug-likeness (QED) is 0.835. The molecule has 0 spiro atoms. The Morgan fingerprint density at radius 1 is 1.37 bits per heavy atom. The fourth-order valence-corrected chi connectivity index (χ4v) is 1.45. The molecule has 6 nitrogen and oxygen atoms in total. The van der Waals surface area contributed by atoms with Crippen molar-refractivity contribution >= 4 is 6.09 Å². The fraction of sp³-hybridized carbons (Fsp3) is 0.231. The lowest BCUT2D eigenvalue weighted by Crippen LogP contribution is -2.27. The first-order valence-electron chi connectivity index (χ1n) is 5.76. The zero-order valence-electron chi connectivity index (χ0n) is 10.5. The fourth-order valence-electron chi connectivity index (χ4n) is 1.45. The van der Waals surface area contributed by atoms with E-state index in [1.807, 2.05) is 30.3 Å². The van der Waals surface area contributed by atoms with Crippen LogP contribution in [0.2, 0.25) is 0 Å². The van der Waals surface area contributed by atoms with Crippen LogP contribution in [0.5, 0.6) is 5.88 Å². The average Bonchev–Trinajstić information content (AvgIpc) is 2.93. The van der Waals surface area contributed by atoms with Gasteiger partial charge in [-0.1, -0.05) is 30.3 Å². The molecule has 0 saturated heterocycles. The first kappa shape index (κ1) is 12.9. The number of rotatable bonds is 5. The number of methoxy groups -OCH3 is 1. The van der Waals surface area contributed by atoms with Crippen molar-refractivity contribution in [1.29, 1.82) is 0 Å². The van der Waals surface area contributed by atoms with Gasteiger partial charge in [-0.25, -0.2) is 4.79 Å². The molecule has 0 aliphatic carbocycles. The number of hydrogen-bond acceptors (Lipinski definition) is 5. The normalized spacial score (nSPS) is 9.95. The molecule has 0 fully saturated rings. The Morgan fingerprint density at radius 3 is 2.89 bits per heavy atom. The van der Waals surface area contributed by atoms with Gasteiger partial charge in [0.15, 0.2) is 5.76 Å². The number of amides is 1. The lowest BCUT2D eigenvalue weighted by atomic mass is 10.2. The van der Waals surface area contributed by atoms with Crippen LogP contribution in [0.25, 0.3) is 11.3 Å². The van der Waals surface area contributed by atoms with Crippen LogP contribution in [0.1, 0.15) is 0 Å². The minimum atomic E-state index is -0.492. The van der Waals surface area contributed by atoms with Crippen molar-refractivity contribution in [2.75, 3.05) is 20.3 Å². The third kappa shape index (κ3) is 3.74. The highest BCUT2D eigenvalue weighted by Gasteiger charge is 2.07. The number of aromatic nitrogens is 1. The molecule has 0 unspecified atom stereocenters. The van der Waals surface area contributed by atoms with Crippen molar-refractivity contribution in [3.05, 3.63) is 36.4 Å². The number of nitrogens with one attached hydrogen (secondary N) is 1. The second-order valence-corrected chi connectivity index (χ2v) is 3.66. The summed E-state index contributed by atoms with van der Waals surface area (Å²) in [5.74, 6) is 1.02. The summed E-state index contributed by atoms with van der Waals surface area (Å²) >= 11 is 0. The molecule has 1 N–H and O–H groups in total. The van der Waals surface area contributed by atoms with Crippen molar-refractivity contribution in [2.45, 2.75) is 0 Å². The lowest BCUT2D eigenvalue weighted by molar-refractivity contribution is 0.168. The van der Waals surface area contributed by atoms with Crippen LogP contribution in [0, 0.1) is 0 Å². The first-order chi connectivity index (χ1) is 9.29. The maximum atomic E-state index is 10.8. The summed E-state index contributed by atoms with van der Waals surface area (Å²) in [5.41, 5.74) is 0.928. The molecule has 0 aliphatic rings. The monoisotopic (exact) mass is 262 g/mol. The Morgan fingerprint density at radius 2 is 2.16 bits per heavy atom. The molecule has 1 aromatic heterocycles. The van der Waals surface area contributed by atoms with Gasteiger partial charge in [-0.05, 0) is 5.16 Å². The summed E-state index contributed by atoms with van der Waals surface area (Å²) in [6.07, 6.45) is -0.492. The number of carbonyl (C=O) groups excluding carboxylic acids is 1. The van der Waals surface area contributed by atoms with Crippen LogP contribution in [0.4, 0.5) is 4.79 Å². The highest BCUT2D eigenvalue weighted by atomic mass is 16.5. The van der Waals surface area contributed by atoms with Crippen LogP contribution in [0.3, 0.4) is 0 Å². The van der Waals surface area contributed by atoms with E-state index >= 15 is 0 Å². The topological polar surface area (TPSA) is 73.6 Å². The van der Waals surface area contributed by atoms with Crippen LogP contribution in [-0.2, 0) is 4.74 Å². The molecule has 1 amide bonds. The van der Waals surface area contributed by atoms with Gasteiger partial charge < -0.3 is 19.3 Å². The van der Waals surface area contributed by atoms with Gasteiger partial charge in [0.05, 0.1) is 13.7 Å². The zero-order chi connectivity index (χ0) is 13.5. The van der Waals surface area contributed by atoms with Crippen LogP contribution >= 0.6 is 0 Å². The molecule has 2 aromatic rings. The van der Waals surface area contributed by atoms with E-state index in [0.29, 0.717) is 18.2 Å². The summed E-state index contributed by atoms with van der Waals surface area (Å²) in [6, 6.07) is 11.3. The number of nitrogens with zero attached hydrogens (tertiary/aromatic N) is 1. The van der Waals surface area contributed by atoms with Gasteiger partial charge >= 0.3 is 6.09 Å². The zero-order valence-corrected chi connectivity index (χ0v) is 10.5. The van der Waals surface area contributed by atoms with Gasteiger partial charge in [0.1, 0.15) is 6.61 Å².